The van der Waals surface area contributed by atoms with E-state index in [1.165, 1.54) is 0 Å². The van der Waals surface area contributed by atoms with Gasteiger partial charge in [-0.25, -0.2) is 9.77 Å². The summed E-state index contributed by atoms with van der Waals surface area (Å²) in [5.41, 5.74) is 4.81. The highest BCUT2D eigenvalue weighted by molar-refractivity contribution is 7.71. The molecule has 0 bridgehead atoms. The van der Waals surface area contributed by atoms with Crippen molar-refractivity contribution in [3.8, 4) is 28.5 Å². The molecule has 0 fully saturated rings. The number of aromatic nitrogens is 3. The molecule has 0 aliphatic rings. The number of nitrogens with one attached hydrogen (secondary N) is 2. The first-order valence-electron chi connectivity index (χ1n) is 8.65. The van der Waals surface area contributed by atoms with E-state index in [1.807, 2.05) is 42.5 Å². The second kappa shape index (κ2) is 8.32. The molecule has 0 unspecified atom stereocenters. The van der Waals surface area contributed by atoms with Crippen molar-refractivity contribution in [2.45, 2.75) is 6.54 Å². The van der Waals surface area contributed by atoms with Crippen LogP contribution in [-0.2, 0) is 6.54 Å². The van der Waals surface area contributed by atoms with Gasteiger partial charge in [0.05, 0.1) is 24.2 Å². The Morgan fingerprint density at radius 2 is 1.97 bits per heavy atom. The summed E-state index contributed by atoms with van der Waals surface area (Å²) in [5, 5.41) is 8.23. The fourth-order valence-corrected chi connectivity index (χ4v) is 3.62. The van der Waals surface area contributed by atoms with Crippen LogP contribution < -0.4 is 10.2 Å². The molecule has 2 N–H and O–H groups in total. The minimum Gasteiger partial charge on any atom is -0.496 e. The zero-order chi connectivity index (χ0) is 20.4. The average Bonchev–Trinajstić information content (AvgIpc) is 3.33. The molecular formula is C20H16Cl2N4O2S. The number of methoxy groups -OCH3 is 1. The van der Waals surface area contributed by atoms with E-state index < -0.39 is 0 Å². The topological polar surface area (TPSA) is 68.0 Å². The van der Waals surface area contributed by atoms with E-state index in [1.54, 1.807) is 23.9 Å². The number of hydrogen-bond donors (Lipinski definition) is 2. The smallest absolute Gasteiger partial charge is 0.214 e. The highest BCUT2D eigenvalue weighted by atomic mass is 35.5. The third-order valence-corrected chi connectivity index (χ3v) is 5.11. The number of hydrogen-bond acceptors (Lipinski definition) is 5. The molecule has 0 atom stereocenters. The summed E-state index contributed by atoms with van der Waals surface area (Å²) >= 11 is 17.6. The van der Waals surface area contributed by atoms with Crippen molar-refractivity contribution in [3.63, 3.8) is 0 Å². The van der Waals surface area contributed by atoms with Crippen molar-refractivity contribution < 1.29 is 9.15 Å². The van der Waals surface area contributed by atoms with Gasteiger partial charge in [0.2, 0.25) is 4.77 Å². The number of benzene rings is 2. The summed E-state index contributed by atoms with van der Waals surface area (Å²) in [4.78, 5) is 0. The maximum atomic E-state index is 6.27. The predicted octanol–water partition coefficient (Wildman–Crippen LogP) is 5.93. The summed E-state index contributed by atoms with van der Waals surface area (Å²) in [5.74, 6) is 2.67. The number of rotatable bonds is 6. The molecule has 2 heterocycles. The third-order valence-electron chi connectivity index (χ3n) is 4.29. The van der Waals surface area contributed by atoms with Gasteiger partial charge in [0, 0.05) is 10.6 Å². The largest absolute Gasteiger partial charge is 0.496 e. The highest BCUT2D eigenvalue weighted by Crippen LogP contribution is 2.32. The second-order valence-electron chi connectivity index (χ2n) is 6.11. The fourth-order valence-electron chi connectivity index (χ4n) is 2.92. The Hall–Kier alpha value is -2.74. The summed E-state index contributed by atoms with van der Waals surface area (Å²) in [6.07, 6.45) is 0. The van der Waals surface area contributed by atoms with Crippen LogP contribution in [0.1, 0.15) is 5.76 Å². The van der Waals surface area contributed by atoms with Gasteiger partial charge in [0.15, 0.2) is 5.82 Å². The van der Waals surface area contributed by atoms with Gasteiger partial charge in [-0.15, -0.1) is 0 Å². The summed E-state index contributed by atoms with van der Waals surface area (Å²) < 4.78 is 13.5. The lowest BCUT2D eigenvalue weighted by Gasteiger charge is -2.11. The standard InChI is InChI=1S/C20H16Cl2N4O2S/c1-27-17-5-3-2-4-15(17)19-24-25-20(29)26(19)23-11-13-7-9-18(28-13)14-8-6-12(21)10-16(14)22/h2-10,23H,11H2,1H3,(H,25,29). The second-order valence-corrected chi connectivity index (χ2v) is 7.34. The van der Waals surface area contributed by atoms with Gasteiger partial charge < -0.3 is 14.6 Å². The SMILES string of the molecule is COc1ccccc1-c1n[nH]c(=S)n1NCc1ccc(-c2ccc(Cl)cc2Cl)o1. The first-order valence-corrected chi connectivity index (χ1v) is 9.82. The van der Waals surface area contributed by atoms with Gasteiger partial charge in [-0.05, 0) is 54.7 Å². The Morgan fingerprint density at radius 3 is 2.76 bits per heavy atom. The van der Waals surface area contributed by atoms with Crippen LogP contribution >= 0.6 is 35.4 Å². The average molecular weight is 447 g/mol. The lowest BCUT2D eigenvalue weighted by molar-refractivity contribution is 0.416. The Morgan fingerprint density at radius 1 is 1.14 bits per heavy atom. The Kier molecular flexibility index (Phi) is 5.62. The molecule has 0 radical (unpaired) electrons. The number of nitrogens with zero attached hydrogens (tertiary/aromatic N) is 2. The van der Waals surface area contributed by atoms with Crippen LogP contribution in [0.2, 0.25) is 10.0 Å². The van der Waals surface area contributed by atoms with Crippen LogP contribution in [0, 0.1) is 4.77 Å². The molecule has 9 heteroatoms. The van der Waals surface area contributed by atoms with Crippen LogP contribution in [0.15, 0.2) is 59.0 Å². The monoisotopic (exact) mass is 446 g/mol. The van der Waals surface area contributed by atoms with E-state index in [9.17, 15) is 0 Å². The van der Waals surface area contributed by atoms with Gasteiger partial charge in [0.25, 0.3) is 0 Å². The molecule has 0 amide bonds. The van der Waals surface area contributed by atoms with E-state index >= 15 is 0 Å². The van der Waals surface area contributed by atoms with Crippen molar-refractivity contribution in [2.75, 3.05) is 12.5 Å². The summed E-state index contributed by atoms with van der Waals surface area (Å²) in [6.45, 7) is 0.390. The van der Waals surface area contributed by atoms with Crippen LogP contribution in [0.3, 0.4) is 0 Å². The van der Waals surface area contributed by atoms with Crippen molar-refractivity contribution in [1.82, 2.24) is 14.9 Å². The molecule has 29 heavy (non-hydrogen) atoms. The van der Waals surface area contributed by atoms with Gasteiger partial charge in [-0.1, -0.05) is 35.3 Å². The Bertz CT molecular complexity index is 1220. The predicted molar refractivity (Wildman–Crippen MR) is 117 cm³/mol. The number of aromatic amines is 1. The molecule has 0 aliphatic heterocycles. The maximum absolute atomic E-state index is 6.27. The fraction of sp³-hybridized carbons (Fsp3) is 0.100. The van der Waals surface area contributed by atoms with E-state index in [2.05, 4.69) is 15.6 Å². The first kappa shape index (κ1) is 19.6. The van der Waals surface area contributed by atoms with Gasteiger partial charge >= 0.3 is 0 Å². The van der Waals surface area contributed by atoms with E-state index in [0.717, 1.165) is 11.1 Å². The normalized spacial score (nSPS) is 10.9. The number of H-pyrrole nitrogens is 1. The molecule has 0 saturated carbocycles. The summed E-state index contributed by atoms with van der Waals surface area (Å²) in [7, 11) is 1.62. The Labute approximate surface area is 182 Å². The minimum absolute atomic E-state index is 0.390. The lowest BCUT2D eigenvalue weighted by Crippen LogP contribution is -2.15. The molecule has 0 saturated heterocycles. The van der Waals surface area contributed by atoms with Crippen molar-refractivity contribution in [3.05, 3.63) is 75.2 Å². The maximum Gasteiger partial charge on any atom is 0.214 e. The number of ether oxygens (including phenoxy) is 1. The molecule has 4 rings (SSSR count). The van der Waals surface area contributed by atoms with Crippen molar-refractivity contribution >= 4 is 35.4 Å². The molecule has 0 spiro atoms. The Balaban J connectivity index is 1.57. The molecular weight excluding hydrogens is 431 g/mol. The molecule has 0 aliphatic carbocycles. The quantitative estimate of drug-likeness (QED) is 0.359. The molecule has 2 aromatic carbocycles. The van der Waals surface area contributed by atoms with Crippen LogP contribution in [-0.4, -0.2) is 22.0 Å². The van der Waals surface area contributed by atoms with Gasteiger partial charge in [-0.2, -0.15) is 5.10 Å². The molecule has 148 valence electrons. The first-order chi connectivity index (χ1) is 14.1. The van der Waals surface area contributed by atoms with Gasteiger partial charge in [-0.3, -0.25) is 0 Å². The third kappa shape index (κ3) is 4.03. The van der Waals surface area contributed by atoms with Crippen molar-refractivity contribution in [1.29, 1.82) is 0 Å². The number of para-hydroxylation sites is 1. The van der Waals surface area contributed by atoms with E-state index in [4.69, 9.17) is 44.6 Å². The summed E-state index contributed by atoms with van der Waals surface area (Å²) in [6, 6.07) is 16.6. The molecule has 6 nitrogen and oxygen atoms in total. The zero-order valence-electron chi connectivity index (χ0n) is 15.3. The van der Waals surface area contributed by atoms with E-state index in [0.29, 0.717) is 44.5 Å². The zero-order valence-corrected chi connectivity index (χ0v) is 17.6. The highest BCUT2D eigenvalue weighted by Gasteiger charge is 2.14. The lowest BCUT2D eigenvalue weighted by atomic mass is 10.2. The number of halogens is 2. The van der Waals surface area contributed by atoms with Crippen LogP contribution in [0.25, 0.3) is 22.7 Å². The minimum atomic E-state index is 0.390. The van der Waals surface area contributed by atoms with Crippen LogP contribution in [0.5, 0.6) is 5.75 Å². The molecule has 2 aromatic heterocycles. The molecule has 4 aromatic rings. The van der Waals surface area contributed by atoms with Crippen LogP contribution in [0.4, 0.5) is 0 Å². The number of furan rings is 1. The van der Waals surface area contributed by atoms with Gasteiger partial charge in [0.1, 0.15) is 17.3 Å². The van der Waals surface area contributed by atoms with E-state index in [-0.39, 0.29) is 0 Å². The van der Waals surface area contributed by atoms with Crippen molar-refractivity contribution in [2.24, 2.45) is 0 Å².